The van der Waals surface area contributed by atoms with E-state index in [2.05, 4.69) is 5.32 Å². The lowest BCUT2D eigenvalue weighted by atomic mass is 9.87. The van der Waals surface area contributed by atoms with Gasteiger partial charge in [0.25, 0.3) is 0 Å². The average Bonchev–Trinajstić information content (AvgIpc) is 3.12. The van der Waals surface area contributed by atoms with Crippen LogP contribution >= 0.6 is 0 Å². The predicted octanol–water partition coefficient (Wildman–Crippen LogP) is 4.38. The van der Waals surface area contributed by atoms with E-state index < -0.39 is 106 Å². The third kappa shape index (κ3) is 12.7. The van der Waals surface area contributed by atoms with Crippen molar-refractivity contribution in [2.24, 2.45) is 0 Å². The van der Waals surface area contributed by atoms with Gasteiger partial charge in [0.2, 0.25) is 0 Å². The molecule has 2 aromatic rings. The lowest BCUT2D eigenvalue weighted by Gasteiger charge is -2.44. The number of esters is 5. The van der Waals surface area contributed by atoms with Crippen LogP contribution in [0.4, 0.5) is 4.79 Å². The summed E-state index contributed by atoms with van der Waals surface area (Å²) in [5.74, 6) is -5.06. The van der Waals surface area contributed by atoms with Gasteiger partial charge in [-0.05, 0) is 74.9 Å². The molecule has 2 aromatic carbocycles. The Kier molecular flexibility index (Phi) is 12.0. The Bertz CT molecular complexity index is 1680. The Morgan fingerprint density at radius 3 is 1.98 bits per heavy atom. The predicted molar refractivity (Wildman–Crippen MR) is 181 cm³/mol. The van der Waals surface area contributed by atoms with E-state index >= 15 is 0 Å². The minimum atomic E-state index is -1.73. The summed E-state index contributed by atoms with van der Waals surface area (Å²) in [5.41, 5.74) is 2.68. The first-order chi connectivity index (χ1) is 26.0. The number of rotatable bonds is 12. The molecule has 278 valence electrons. The van der Waals surface area contributed by atoms with E-state index in [0.717, 1.165) is 18.1 Å². The molecule has 0 aromatic heterocycles. The highest BCUT2D eigenvalue weighted by molar-refractivity contribution is 5.71. The van der Waals surface area contributed by atoms with E-state index in [1.807, 2.05) is 24.3 Å². The van der Waals surface area contributed by atoms with Gasteiger partial charge in [-0.15, -0.1) is 0 Å². The first-order valence-electron chi connectivity index (χ1n) is 18.7. The molecule has 0 unspecified atom stereocenters. The molecule has 51 heavy (non-hydrogen) atoms. The van der Waals surface area contributed by atoms with E-state index in [9.17, 15) is 28.8 Å². The minimum absolute atomic E-state index is 0.0346. The molecule has 0 bridgehead atoms. The van der Waals surface area contributed by atoms with Gasteiger partial charge in [0.15, 0.2) is 18.3 Å². The number of amides is 1. The van der Waals surface area contributed by atoms with Crippen molar-refractivity contribution in [3.05, 3.63) is 64.2 Å². The number of hydrogen-bond acceptors (Lipinski definition) is 13. The first kappa shape index (κ1) is 34.5. The molecule has 1 fully saturated rings. The Balaban J connectivity index is 2.08. The standard InChI is InChI=1S/C37H47NO13/c1-20-16-30(46-22(3)40)29(18-28(20)17-27-12-10-26(11-13-27)14-15-38-36(44)51-37(7,8)9)32-34(48-24(5)42)35(49-25(6)43)33(47-23(4)41)31(50-32)19-45-21(2)39/h10-13,16,18,31-35H,14-15,17,19H2,1-9H3,(H,38,44)/t31-,32+,33-,34+,35+/m1/s1/i2D,4D,5D,6D. The molecule has 14 nitrogen and oxygen atoms in total. The summed E-state index contributed by atoms with van der Waals surface area (Å²) in [7, 11) is 0. The van der Waals surface area contributed by atoms with Gasteiger partial charge in [0.05, 0.1) is 0 Å². The van der Waals surface area contributed by atoms with Crippen LogP contribution in [0, 0.1) is 6.92 Å². The Morgan fingerprint density at radius 1 is 0.804 bits per heavy atom. The second-order valence-corrected chi connectivity index (χ2v) is 12.7. The zero-order valence-electron chi connectivity index (χ0n) is 33.3. The molecule has 0 radical (unpaired) electrons. The van der Waals surface area contributed by atoms with E-state index in [-0.39, 0.29) is 11.3 Å². The van der Waals surface area contributed by atoms with Crippen LogP contribution in [0.25, 0.3) is 0 Å². The fourth-order valence-corrected chi connectivity index (χ4v) is 5.40. The van der Waals surface area contributed by atoms with E-state index in [0.29, 0.717) is 30.5 Å². The molecule has 1 aliphatic rings. The quantitative estimate of drug-likeness (QED) is 0.186. The lowest BCUT2D eigenvalue weighted by molar-refractivity contribution is -0.254. The molecule has 1 saturated heterocycles. The van der Waals surface area contributed by atoms with E-state index in [4.69, 9.17) is 38.6 Å². The number of aryl methyl sites for hydroxylation is 1. The topological polar surface area (TPSA) is 179 Å². The van der Waals surface area contributed by atoms with Gasteiger partial charge in [-0.25, -0.2) is 4.79 Å². The Labute approximate surface area is 303 Å². The average molecular weight is 718 g/mol. The maximum Gasteiger partial charge on any atom is 0.407 e. The van der Waals surface area contributed by atoms with Crippen molar-refractivity contribution in [1.29, 1.82) is 0 Å². The fourth-order valence-electron chi connectivity index (χ4n) is 5.40. The van der Waals surface area contributed by atoms with Gasteiger partial charge in [0.1, 0.15) is 30.2 Å². The highest BCUT2D eigenvalue weighted by Gasteiger charge is 2.53. The van der Waals surface area contributed by atoms with Gasteiger partial charge >= 0.3 is 35.9 Å². The van der Waals surface area contributed by atoms with Crippen molar-refractivity contribution < 1.29 is 67.4 Å². The van der Waals surface area contributed by atoms with Crippen LogP contribution in [-0.2, 0) is 65.2 Å². The minimum Gasteiger partial charge on any atom is -0.463 e. The highest BCUT2D eigenvalue weighted by Crippen LogP contribution is 2.42. The van der Waals surface area contributed by atoms with Crippen LogP contribution < -0.4 is 10.1 Å². The molecular formula is C37H47NO13. The Morgan fingerprint density at radius 2 is 1.39 bits per heavy atom. The summed E-state index contributed by atoms with van der Waals surface area (Å²) in [6.45, 7) is 4.54. The molecule has 1 amide bonds. The van der Waals surface area contributed by atoms with Gasteiger partial charge in [-0.2, -0.15) is 0 Å². The molecule has 14 heteroatoms. The number of carbonyl (C=O) groups excluding carboxylic acids is 6. The van der Waals surface area contributed by atoms with Crippen LogP contribution in [0.1, 0.15) is 94.7 Å². The summed E-state index contributed by atoms with van der Waals surface area (Å²) in [6, 6.07) is 10.8. The van der Waals surface area contributed by atoms with Crippen LogP contribution in [0.3, 0.4) is 0 Å². The summed E-state index contributed by atoms with van der Waals surface area (Å²) in [5, 5.41) is 2.72. The summed E-state index contributed by atoms with van der Waals surface area (Å²) < 4.78 is 68.8. The SMILES string of the molecule is [2H]CC(=O)OC[C@H]1O[C@@H](c2cc(Cc3ccc(CCNC(=O)OC(C)(C)C)cc3)c(C)cc2OC(C)=O)[C@H](OC(=O)C[2H])[C@@H](OC(=O)C[2H])[C@@H]1OC(=O)C[2H]. The molecule has 1 N–H and O–H groups in total. The number of benzene rings is 2. The van der Waals surface area contributed by atoms with Crippen LogP contribution in [0.2, 0.25) is 0 Å². The molecule has 0 saturated carbocycles. The smallest absolute Gasteiger partial charge is 0.407 e. The normalized spacial score (nSPS) is 21.0. The van der Waals surface area contributed by atoms with Gasteiger partial charge in [-0.3, -0.25) is 24.0 Å². The number of nitrogens with one attached hydrogen (secondary N) is 1. The number of alkyl carbamates (subject to hydrolysis) is 1. The van der Waals surface area contributed by atoms with Crippen LogP contribution in [-0.4, -0.2) is 79.1 Å². The van der Waals surface area contributed by atoms with Gasteiger partial charge in [0, 0.05) is 52.1 Å². The number of ether oxygens (including phenoxy) is 7. The third-order valence-electron chi connectivity index (χ3n) is 7.37. The molecule has 5 atom stereocenters. The Hall–Kier alpha value is -4.98. The maximum atomic E-state index is 12.7. The van der Waals surface area contributed by atoms with Crippen molar-refractivity contribution in [2.75, 3.05) is 13.2 Å². The number of hydrogen-bond donors (Lipinski definition) is 1. The highest BCUT2D eigenvalue weighted by atomic mass is 16.7. The molecule has 0 aliphatic carbocycles. The summed E-state index contributed by atoms with van der Waals surface area (Å²) in [6.07, 6.45) is -7.66. The summed E-state index contributed by atoms with van der Waals surface area (Å²) >= 11 is 0. The monoisotopic (exact) mass is 717 g/mol. The molecule has 0 spiro atoms. The third-order valence-corrected chi connectivity index (χ3v) is 7.37. The van der Waals surface area contributed by atoms with Crippen molar-refractivity contribution in [1.82, 2.24) is 5.32 Å². The molecule has 1 aliphatic heterocycles. The molecule has 3 rings (SSSR count). The molecule has 1 heterocycles. The largest absolute Gasteiger partial charge is 0.463 e. The van der Waals surface area contributed by atoms with Crippen LogP contribution in [0.15, 0.2) is 36.4 Å². The van der Waals surface area contributed by atoms with Gasteiger partial charge in [-0.1, -0.05) is 24.3 Å². The van der Waals surface area contributed by atoms with Crippen molar-refractivity contribution >= 4 is 35.9 Å². The van der Waals surface area contributed by atoms with Crippen molar-refractivity contribution in [3.63, 3.8) is 0 Å². The van der Waals surface area contributed by atoms with Gasteiger partial charge < -0.3 is 38.5 Å². The second-order valence-electron chi connectivity index (χ2n) is 12.7. The van der Waals surface area contributed by atoms with Crippen molar-refractivity contribution in [3.8, 4) is 5.75 Å². The van der Waals surface area contributed by atoms with E-state index in [1.54, 1.807) is 39.8 Å². The lowest BCUT2D eigenvalue weighted by Crippen LogP contribution is -2.59. The second kappa shape index (κ2) is 17.8. The summed E-state index contributed by atoms with van der Waals surface area (Å²) in [4.78, 5) is 74.1. The zero-order valence-corrected chi connectivity index (χ0v) is 29.3. The number of carbonyl (C=O) groups is 6. The molecular weight excluding hydrogens is 666 g/mol. The fraction of sp³-hybridized carbons (Fsp3) is 0.514. The van der Waals surface area contributed by atoms with Crippen molar-refractivity contribution in [2.45, 2.75) is 111 Å². The zero-order chi connectivity index (χ0) is 40.9. The maximum absolute atomic E-state index is 12.7. The van der Waals surface area contributed by atoms with Crippen LogP contribution in [0.5, 0.6) is 5.75 Å². The van der Waals surface area contributed by atoms with E-state index in [1.165, 1.54) is 0 Å². The first-order valence-corrected chi connectivity index (χ1v) is 15.9.